The van der Waals surface area contributed by atoms with E-state index in [0.29, 0.717) is 37.6 Å². The van der Waals surface area contributed by atoms with Crippen LogP contribution in [0.25, 0.3) is 5.69 Å². The average molecular weight is 391 g/mol. The molecule has 0 atom stereocenters. The minimum Gasteiger partial charge on any atom is -0.337 e. The van der Waals surface area contributed by atoms with Crippen molar-refractivity contribution in [3.63, 3.8) is 0 Å². The van der Waals surface area contributed by atoms with Crippen molar-refractivity contribution < 1.29 is 9.59 Å². The first kappa shape index (κ1) is 18.6. The van der Waals surface area contributed by atoms with Crippen molar-refractivity contribution in [2.24, 2.45) is 0 Å². The van der Waals surface area contributed by atoms with E-state index >= 15 is 0 Å². The molecule has 0 unspecified atom stereocenters. The number of benzene rings is 1. The highest BCUT2D eigenvalue weighted by Crippen LogP contribution is 2.12. The van der Waals surface area contributed by atoms with Crippen molar-refractivity contribution in [2.75, 3.05) is 31.5 Å². The van der Waals surface area contributed by atoms with Crippen LogP contribution in [-0.2, 0) is 0 Å². The number of anilines is 1. The molecule has 1 aromatic carbocycles. The second kappa shape index (κ2) is 8.51. The van der Waals surface area contributed by atoms with E-state index in [-0.39, 0.29) is 11.9 Å². The number of hydrogen-bond acceptors (Lipinski definition) is 5. The molecule has 29 heavy (non-hydrogen) atoms. The third kappa shape index (κ3) is 4.40. The van der Waals surface area contributed by atoms with Gasteiger partial charge >= 0.3 is 6.03 Å². The summed E-state index contributed by atoms with van der Waals surface area (Å²) in [6, 6.07) is 12.5. The predicted octanol–water partition coefficient (Wildman–Crippen LogP) is 2.04. The standard InChI is InChI=1S/C20H21N7O2/c28-19(16-5-2-1-3-6-16)25-9-4-10-26(12-11-25)20(29)24-18-8-7-17(13-22-18)27-15-21-14-23-27/h1-3,5-8,13-15H,4,9-12H2,(H,22,24,29). The van der Waals surface area contributed by atoms with Crippen LogP contribution < -0.4 is 5.32 Å². The zero-order chi connectivity index (χ0) is 20.1. The van der Waals surface area contributed by atoms with Gasteiger partial charge in [-0.05, 0) is 30.7 Å². The van der Waals surface area contributed by atoms with E-state index in [2.05, 4.69) is 20.4 Å². The molecule has 3 aromatic rings. The monoisotopic (exact) mass is 391 g/mol. The number of hydrogen-bond donors (Lipinski definition) is 1. The topological polar surface area (TPSA) is 96.2 Å². The number of amides is 3. The molecule has 1 N–H and O–H groups in total. The zero-order valence-corrected chi connectivity index (χ0v) is 15.8. The first-order valence-corrected chi connectivity index (χ1v) is 9.42. The minimum atomic E-state index is -0.222. The van der Waals surface area contributed by atoms with Gasteiger partial charge in [0.15, 0.2) is 0 Å². The van der Waals surface area contributed by atoms with Crippen LogP contribution in [0, 0.1) is 0 Å². The summed E-state index contributed by atoms with van der Waals surface area (Å²) in [4.78, 5) is 36.9. The molecule has 0 bridgehead atoms. The number of aromatic nitrogens is 4. The van der Waals surface area contributed by atoms with Crippen molar-refractivity contribution in [3.8, 4) is 5.69 Å². The molecule has 4 rings (SSSR count). The molecule has 3 heterocycles. The quantitative estimate of drug-likeness (QED) is 0.737. The summed E-state index contributed by atoms with van der Waals surface area (Å²) in [5.41, 5.74) is 1.42. The van der Waals surface area contributed by atoms with Gasteiger partial charge in [-0.1, -0.05) is 18.2 Å². The van der Waals surface area contributed by atoms with Gasteiger partial charge in [0.25, 0.3) is 5.91 Å². The number of rotatable bonds is 3. The molecular formula is C20H21N7O2. The van der Waals surface area contributed by atoms with Crippen molar-refractivity contribution >= 4 is 17.8 Å². The largest absolute Gasteiger partial charge is 0.337 e. The average Bonchev–Trinajstić information content (AvgIpc) is 3.19. The van der Waals surface area contributed by atoms with Gasteiger partial charge in [0.2, 0.25) is 0 Å². The molecular weight excluding hydrogens is 370 g/mol. The van der Waals surface area contributed by atoms with Crippen LogP contribution in [0.1, 0.15) is 16.8 Å². The molecule has 9 heteroatoms. The third-order valence-corrected chi connectivity index (χ3v) is 4.76. The van der Waals surface area contributed by atoms with Gasteiger partial charge in [0, 0.05) is 31.7 Å². The smallest absolute Gasteiger partial charge is 0.323 e. The van der Waals surface area contributed by atoms with Crippen LogP contribution >= 0.6 is 0 Å². The molecule has 0 aliphatic carbocycles. The highest BCUT2D eigenvalue weighted by atomic mass is 16.2. The minimum absolute atomic E-state index is 0.00164. The number of carbonyl (C=O) groups is 2. The lowest BCUT2D eigenvalue weighted by Gasteiger charge is -2.22. The molecule has 0 spiro atoms. The predicted molar refractivity (Wildman–Crippen MR) is 107 cm³/mol. The summed E-state index contributed by atoms with van der Waals surface area (Å²) < 4.78 is 1.59. The Bertz CT molecular complexity index is 958. The lowest BCUT2D eigenvalue weighted by atomic mass is 10.2. The van der Waals surface area contributed by atoms with E-state index in [1.165, 1.54) is 6.33 Å². The SMILES string of the molecule is O=C(Nc1ccc(-n2cncn2)cn1)N1CCCN(C(=O)c2ccccc2)CC1. The van der Waals surface area contributed by atoms with Crippen molar-refractivity contribution in [3.05, 3.63) is 66.9 Å². The van der Waals surface area contributed by atoms with E-state index in [0.717, 1.165) is 12.1 Å². The number of nitrogens with one attached hydrogen (secondary N) is 1. The van der Waals surface area contributed by atoms with Crippen LogP contribution in [0.5, 0.6) is 0 Å². The van der Waals surface area contributed by atoms with Crippen LogP contribution in [0.2, 0.25) is 0 Å². The summed E-state index contributed by atoms with van der Waals surface area (Å²) in [6.07, 6.45) is 5.37. The molecule has 0 radical (unpaired) electrons. The molecule has 3 amide bonds. The molecule has 9 nitrogen and oxygen atoms in total. The molecule has 148 valence electrons. The Balaban J connectivity index is 1.34. The first-order chi connectivity index (χ1) is 14.2. The van der Waals surface area contributed by atoms with E-state index in [1.54, 1.807) is 39.1 Å². The Labute approximate surface area is 168 Å². The van der Waals surface area contributed by atoms with Crippen molar-refractivity contribution in [1.29, 1.82) is 0 Å². The second-order valence-corrected chi connectivity index (χ2v) is 6.67. The number of urea groups is 1. The molecule has 2 aromatic heterocycles. The Morgan fingerprint density at radius 2 is 1.72 bits per heavy atom. The van der Waals surface area contributed by atoms with Gasteiger partial charge < -0.3 is 9.80 Å². The van der Waals surface area contributed by atoms with Gasteiger partial charge in [-0.3, -0.25) is 10.1 Å². The maximum atomic E-state index is 12.6. The van der Waals surface area contributed by atoms with Gasteiger partial charge in [0.05, 0.1) is 11.9 Å². The Kier molecular flexibility index (Phi) is 5.46. The summed E-state index contributed by atoms with van der Waals surface area (Å²) in [5.74, 6) is 0.457. The Hall–Kier alpha value is -3.75. The van der Waals surface area contributed by atoms with E-state index < -0.39 is 0 Å². The lowest BCUT2D eigenvalue weighted by Crippen LogP contribution is -2.39. The normalized spacial score (nSPS) is 14.3. The number of carbonyl (C=O) groups excluding carboxylic acids is 2. The molecule has 0 saturated carbocycles. The highest BCUT2D eigenvalue weighted by Gasteiger charge is 2.23. The molecule has 1 saturated heterocycles. The van der Waals surface area contributed by atoms with E-state index in [1.807, 2.05) is 30.3 Å². The number of nitrogens with zero attached hydrogens (tertiary/aromatic N) is 6. The number of pyridine rings is 1. The summed E-state index contributed by atoms with van der Waals surface area (Å²) in [5, 5.41) is 6.86. The highest BCUT2D eigenvalue weighted by molar-refractivity contribution is 5.94. The summed E-state index contributed by atoms with van der Waals surface area (Å²) in [7, 11) is 0. The van der Waals surface area contributed by atoms with Gasteiger partial charge in [-0.15, -0.1) is 0 Å². The van der Waals surface area contributed by atoms with Crippen LogP contribution in [-0.4, -0.2) is 67.7 Å². The van der Waals surface area contributed by atoms with Gasteiger partial charge in [-0.25, -0.2) is 19.4 Å². The maximum Gasteiger partial charge on any atom is 0.323 e. The fourth-order valence-corrected chi connectivity index (χ4v) is 3.21. The summed E-state index contributed by atoms with van der Waals surface area (Å²) >= 11 is 0. The van der Waals surface area contributed by atoms with Crippen LogP contribution in [0.4, 0.5) is 10.6 Å². The lowest BCUT2D eigenvalue weighted by molar-refractivity contribution is 0.0762. The Morgan fingerprint density at radius 1 is 0.931 bits per heavy atom. The molecule has 1 aliphatic rings. The maximum absolute atomic E-state index is 12.6. The molecule has 1 aliphatic heterocycles. The van der Waals surface area contributed by atoms with Crippen molar-refractivity contribution in [1.82, 2.24) is 29.5 Å². The second-order valence-electron chi connectivity index (χ2n) is 6.67. The van der Waals surface area contributed by atoms with E-state index in [9.17, 15) is 9.59 Å². The van der Waals surface area contributed by atoms with Gasteiger partial charge in [0.1, 0.15) is 18.5 Å². The fraction of sp³-hybridized carbons (Fsp3) is 0.250. The van der Waals surface area contributed by atoms with Crippen molar-refractivity contribution in [2.45, 2.75) is 6.42 Å². The van der Waals surface area contributed by atoms with Crippen LogP contribution in [0.15, 0.2) is 61.3 Å². The first-order valence-electron chi connectivity index (χ1n) is 9.42. The Morgan fingerprint density at radius 3 is 2.45 bits per heavy atom. The van der Waals surface area contributed by atoms with Crippen LogP contribution in [0.3, 0.4) is 0 Å². The third-order valence-electron chi connectivity index (χ3n) is 4.76. The van der Waals surface area contributed by atoms with Gasteiger partial charge in [-0.2, -0.15) is 5.10 Å². The molecule has 1 fully saturated rings. The summed E-state index contributed by atoms with van der Waals surface area (Å²) in [6.45, 7) is 2.19. The van der Waals surface area contributed by atoms with E-state index in [4.69, 9.17) is 0 Å². The fourth-order valence-electron chi connectivity index (χ4n) is 3.21. The zero-order valence-electron chi connectivity index (χ0n) is 15.8.